The van der Waals surface area contributed by atoms with Gasteiger partial charge in [-0.05, 0) is 77.4 Å². The molecule has 162 valence electrons. The van der Waals surface area contributed by atoms with E-state index in [1.807, 2.05) is 13.0 Å². The largest absolute Gasteiger partial charge is 0.481 e. The predicted molar refractivity (Wildman–Crippen MR) is 117 cm³/mol. The minimum absolute atomic E-state index is 0.0280. The highest BCUT2D eigenvalue weighted by molar-refractivity contribution is 7.89. The summed E-state index contributed by atoms with van der Waals surface area (Å²) < 4.78 is 41.4. The lowest BCUT2D eigenvalue weighted by molar-refractivity contribution is -0.136. The topological polar surface area (TPSA) is 74.7 Å². The molecule has 0 unspecified atom stereocenters. The molecule has 0 amide bonds. The van der Waals surface area contributed by atoms with Crippen LogP contribution < -0.4 is 0 Å². The highest BCUT2D eigenvalue weighted by Crippen LogP contribution is 2.38. The van der Waals surface area contributed by atoms with Crippen molar-refractivity contribution in [3.8, 4) is 0 Å². The molecule has 3 aromatic rings. The van der Waals surface area contributed by atoms with E-state index in [0.29, 0.717) is 31.5 Å². The third-order valence-electron chi connectivity index (χ3n) is 6.11. The van der Waals surface area contributed by atoms with Crippen LogP contribution in [-0.4, -0.2) is 36.9 Å². The Labute approximate surface area is 181 Å². The molecule has 4 rings (SSSR count). The van der Waals surface area contributed by atoms with E-state index in [4.69, 9.17) is 0 Å². The number of piperidine rings is 1. The van der Waals surface area contributed by atoms with Crippen molar-refractivity contribution >= 4 is 26.8 Å². The van der Waals surface area contributed by atoms with E-state index in [1.54, 1.807) is 36.4 Å². The number of sulfonamides is 1. The highest BCUT2D eigenvalue weighted by Gasteiger charge is 2.31. The van der Waals surface area contributed by atoms with Crippen LogP contribution in [0.25, 0.3) is 10.8 Å². The Morgan fingerprint density at radius 2 is 1.77 bits per heavy atom. The van der Waals surface area contributed by atoms with Gasteiger partial charge in [0.25, 0.3) is 0 Å². The molecule has 1 N–H and O–H groups in total. The summed E-state index contributed by atoms with van der Waals surface area (Å²) in [5.41, 5.74) is 2.50. The van der Waals surface area contributed by atoms with Crippen LogP contribution in [0.15, 0.2) is 59.5 Å². The third kappa shape index (κ3) is 4.20. The van der Waals surface area contributed by atoms with E-state index >= 15 is 0 Å². The number of carbonyl (C=O) groups is 1. The molecule has 1 aliphatic rings. The molecule has 0 aliphatic carbocycles. The number of carboxylic acid groups (broad SMARTS) is 1. The maximum atomic E-state index is 14.1. The maximum absolute atomic E-state index is 14.1. The Morgan fingerprint density at radius 1 is 1.10 bits per heavy atom. The van der Waals surface area contributed by atoms with Crippen LogP contribution >= 0.6 is 0 Å². The zero-order valence-electron chi connectivity index (χ0n) is 17.2. The van der Waals surface area contributed by atoms with Gasteiger partial charge in [-0.25, -0.2) is 12.8 Å². The summed E-state index contributed by atoms with van der Waals surface area (Å²) in [7, 11) is -3.56. The first-order valence-corrected chi connectivity index (χ1v) is 11.7. The molecule has 0 aromatic heterocycles. The van der Waals surface area contributed by atoms with Crippen LogP contribution in [0, 0.1) is 12.7 Å². The van der Waals surface area contributed by atoms with Gasteiger partial charge >= 0.3 is 5.97 Å². The Kier molecular flexibility index (Phi) is 5.81. The summed E-state index contributed by atoms with van der Waals surface area (Å²) in [5.74, 6) is -1.23. The van der Waals surface area contributed by atoms with Crippen LogP contribution in [0.5, 0.6) is 0 Å². The first-order valence-electron chi connectivity index (χ1n) is 10.3. The van der Waals surface area contributed by atoms with E-state index in [0.717, 1.165) is 21.9 Å². The van der Waals surface area contributed by atoms with E-state index < -0.39 is 16.0 Å². The second-order valence-corrected chi connectivity index (χ2v) is 9.94. The smallest absolute Gasteiger partial charge is 0.307 e. The van der Waals surface area contributed by atoms with Crippen molar-refractivity contribution in [1.82, 2.24) is 4.31 Å². The molecule has 0 radical (unpaired) electrons. The molecule has 7 heteroatoms. The number of benzene rings is 3. The number of hydrogen-bond donors (Lipinski definition) is 1. The van der Waals surface area contributed by atoms with E-state index in [2.05, 4.69) is 0 Å². The Bertz CT molecular complexity index is 1230. The number of halogens is 1. The number of fused-ring (bicyclic) bond motifs is 1. The lowest BCUT2D eigenvalue weighted by Crippen LogP contribution is -2.38. The SMILES string of the molecule is Cc1c(CC(=O)O)cc2ccc(F)cc2c1C1CCN(S(=O)(=O)c2ccccc2)CC1. The predicted octanol–water partition coefficient (Wildman–Crippen LogP) is 4.48. The van der Waals surface area contributed by atoms with Gasteiger partial charge in [-0.3, -0.25) is 4.79 Å². The standard InChI is InChI=1S/C24H24FNO4S/c1-16-19(14-23(27)28)13-18-7-8-20(25)15-22(18)24(16)17-9-11-26(12-10-17)31(29,30)21-5-3-2-4-6-21/h2-8,13,15,17H,9-12,14H2,1H3,(H,27,28). The first-order chi connectivity index (χ1) is 14.8. The van der Waals surface area contributed by atoms with Gasteiger partial charge in [0.05, 0.1) is 11.3 Å². The maximum Gasteiger partial charge on any atom is 0.307 e. The molecule has 31 heavy (non-hydrogen) atoms. The zero-order chi connectivity index (χ0) is 22.2. The van der Waals surface area contributed by atoms with Crippen LogP contribution in [-0.2, 0) is 21.2 Å². The summed E-state index contributed by atoms with van der Waals surface area (Å²) in [6.07, 6.45) is 1.08. The van der Waals surface area contributed by atoms with E-state index in [1.165, 1.54) is 16.4 Å². The molecule has 5 nitrogen and oxygen atoms in total. The molecule has 0 bridgehead atoms. The fraction of sp³-hybridized carbons (Fsp3) is 0.292. The van der Waals surface area contributed by atoms with Gasteiger partial charge < -0.3 is 5.11 Å². The van der Waals surface area contributed by atoms with Crippen molar-refractivity contribution in [2.45, 2.75) is 37.0 Å². The normalized spacial score (nSPS) is 15.9. The summed E-state index contributed by atoms with van der Waals surface area (Å²) >= 11 is 0. The lowest BCUT2D eigenvalue weighted by Gasteiger charge is -2.33. The minimum atomic E-state index is -3.56. The van der Waals surface area contributed by atoms with Gasteiger partial charge in [0.1, 0.15) is 5.82 Å². The molecule has 0 spiro atoms. The van der Waals surface area contributed by atoms with Gasteiger partial charge in [-0.2, -0.15) is 4.31 Å². The molecule has 3 aromatic carbocycles. The molecule has 1 heterocycles. The summed E-state index contributed by atoms with van der Waals surface area (Å²) in [6.45, 7) is 2.60. The van der Waals surface area contributed by atoms with Crippen LogP contribution in [0.4, 0.5) is 4.39 Å². The average molecular weight is 442 g/mol. The highest BCUT2D eigenvalue weighted by atomic mass is 32.2. The van der Waals surface area contributed by atoms with E-state index in [9.17, 15) is 22.7 Å². The second kappa shape index (κ2) is 8.40. The lowest BCUT2D eigenvalue weighted by atomic mass is 9.82. The fourth-order valence-corrected chi connectivity index (χ4v) is 6.05. The van der Waals surface area contributed by atoms with Crippen LogP contribution in [0.3, 0.4) is 0 Å². The van der Waals surface area contributed by atoms with Gasteiger partial charge in [-0.15, -0.1) is 0 Å². The van der Waals surface area contributed by atoms with Crippen molar-refractivity contribution in [1.29, 1.82) is 0 Å². The molecule has 1 saturated heterocycles. The number of nitrogens with zero attached hydrogens (tertiary/aromatic N) is 1. The third-order valence-corrected chi connectivity index (χ3v) is 8.02. The van der Waals surface area contributed by atoms with Crippen molar-refractivity contribution in [3.05, 3.63) is 77.1 Å². The Balaban J connectivity index is 1.68. The monoisotopic (exact) mass is 441 g/mol. The molecular weight excluding hydrogens is 417 g/mol. The summed E-state index contributed by atoms with van der Waals surface area (Å²) in [4.78, 5) is 11.6. The van der Waals surface area contributed by atoms with Crippen molar-refractivity contribution < 1.29 is 22.7 Å². The zero-order valence-corrected chi connectivity index (χ0v) is 18.0. The van der Waals surface area contributed by atoms with Crippen molar-refractivity contribution in [3.63, 3.8) is 0 Å². The fourth-order valence-electron chi connectivity index (χ4n) is 4.56. The van der Waals surface area contributed by atoms with Crippen LogP contribution in [0.2, 0.25) is 0 Å². The Morgan fingerprint density at radius 3 is 2.42 bits per heavy atom. The number of carboxylic acids is 1. The average Bonchev–Trinajstić information content (AvgIpc) is 2.75. The first kappa shape index (κ1) is 21.5. The number of hydrogen-bond acceptors (Lipinski definition) is 3. The molecule has 0 saturated carbocycles. The van der Waals surface area contributed by atoms with Gasteiger partial charge in [-0.1, -0.05) is 30.3 Å². The number of aliphatic carboxylic acids is 1. The summed E-state index contributed by atoms with van der Waals surface area (Å²) in [5, 5.41) is 10.9. The quantitative estimate of drug-likeness (QED) is 0.633. The van der Waals surface area contributed by atoms with Gasteiger partial charge in [0.2, 0.25) is 10.0 Å². The van der Waals surface area contributed by atoms with Crippen LogP contribution in [0.1, 0.15) is 35.4 Å². The molecule has 1 fully saturated rings. The molecular formula is C24H24FNO4S. The molecule has 1 aliphatic heterocycles. The Hall–Kier alpha value is -2.77. The summed E-state index contributed by atoms with van der Waals surface area (Å²) in [6, 6.07) is 14.7. The van der Waals surface area contributed by atoms with E-state index in [-0.39, 0.29) is 23.1 Å². The minimum Gasteiger partial charge on any atom is -0.481 e. The molecule has 0 atom stereocenters. The van der Waals surface area contributed by atoms with Crippen molar-refractivity contribution in [2.75, 3.05) is 13.1 Å². The number of rotatable bonds is 5. The van der Waals surface area contributed by atoms with Crippen molar-refractivity contribution in [2.24, 2.45) is 0 Å². The second-order valence-electron chi connectivity index (χ2n) is 8.00. The van der Waals surface area contributed by atoms with Gasteiger partial charge in [0.15, 0.2) is 0 Å². The van der Waals surface area contributed by atoms with Gasteiger partial charge in [0, 0.05) is 13.1 Å².